The number of benzene rings is 2. The molecule has 126 valence electrons. The van der Waals surface area contributed by atoms with Crippen molar-refractivity contribution in [1.82, 2.24) is 0 Å². The van der Waals surface area contributed by atoms with Crippen molar-refractivity contribution < 1.29 is 23.1 Å². The van der Waals surface area contributed by atoms with E-state index >= 15 is 0 Å². The van der Waals surface area contributed by atoms with Crippen molar-refractivity contribution in [2.75, 3.05) is 0 Å². The SMILES string of the molecule is O=C(/C=C(\O)c1ccc(-c2cc(Cl)c(Cl)cc2Cl)cc1)C(F)(F)F. The standard InChI is InChI=1S/C16H8Cl3F3O2/c17-11-6-13(19)12(18)5-10(11)8-1-3-9(4-2-8)14(23)7-15(24)16(20,21)22/h1-7,23H/b14-7-. The quantitative estimate of drug-likeness (QED) is 0.374. The van der Waals surface area contributed by atoms with E-state index in [-0.39, 0.29) is 16.7 Å². The minimum absolute atomic E-state index is 0.0486. The van der Waals surface area contributed by atoms with Crippen LogP contribution in [0.3, 0.4) is 0 Å². The number of aliphatic hydroxyl groups is 1. The Kier molecular flexibility index (Phi) is 5.48. The highest BCUT2D eigenvalue weighted by molar-refractivity contribution is 6.44. The first-order valence-corrected chi connectivity index (χ1v) is 7.50. The molecule has 0 radical (unpaired) electrons. The zero-order chi connectivity index (χ0) is 18.1. The van der Waals surface area contributed by atoms with Crippen molar-refractivity contribution in [3.63, 3.8) is 0 Å². The summed E-state index contributed by atoms with van der Waals surface area (Å²) in [6.07, 6.45) is -4.91. The lowest BCUT2D eigenvalue weighted by Gasteiger charge is -2.08. The summed E-state index contributed by atoms with van der Waals surface area (Å²) in [7, 11) is 0. The summed E-state index contributed by atoms with van der Waals surface area (Å²) in [6.45, 7) is 0. The van der Waals surface area contributed by atoms with E-state index in [4.69, 9.17) is 34.8 Å². The van der Waals surface area contributed by atoms with Crippen LogP contribution in [0.5, 0.6) is 0 Å². The molecule has 1 N–H and O–H groups in total. The third-order valence-corrected chi connectivity index (χ3v) is 4.08. The second-order valence-corrected chi connectivity index (χ2v) is 5.94. The molecule has 2 rings (SSSR count). The van der Waals surface area contributed by atoms with E-state index in [2.05, 4.69) is 0 Å². The molecule has 0 saturated heterocycles. The Labute approximate surface area is 150 Å². The van der Waals surface area contributed by atoms with Gasteiger partial charge < -0.3 is 5.11 Å². The van der Waals surface area contributed by atoms with Crippen molar-refractivity contribution in [2.24, 2.45) is 0 Å². The first-order valence-electron chi connectivity index (χ1n) is 6.37. The first-order chi connectivity index (χ1) is 11.1. The molecule has 2 nitrogen and oxygen atoms in total. The molecule has 2 aromatic rings. The van der Waals surface area contributed by atoms with Crippen LogP contribution in [-0.2, 0) is 4.79 Å². The number of allylic oxidation sites excluding steroid dienone is 1. The van der Waals surface area contributed by atoms with E-state index in [9.17, 15) is 23.1 Å². The normalized spacial score (nSPS) is 12.3. The number of carbonyl (C=O) groups is 1. The number of carbonyl (C=O) groups excluding carboxylic acids is 1. The zero-order valence-corrected chi connectivity index (χ0v) is 13.9. The predicted molar refractivity (Wildman–Crippen MR) is 88.6 cm³/mol. The fourth-order valence-electron chi connectivity index (χ4n) is 1.85. The van der Waals surface area contributed by atoms with Gasteiger partial charge in [0, 0.05) is 22.2 Å². The van der Waals surface area contributed by atoms with Crippen molar-refractivity contribution in [1.29, 1.82) is 0 Å². The van der Waals surface area contributed by atoms with Gasteiger partial charge in [0.1, 0.15) is 5.76 Å². The number of rotatable bonds is 3. The number of hydrogen-bond acceptors (Lipinski definition) is 2. The largest absolute Gasteiger partial charge is 0.507 e. The minimum Gasteiger partial charge on any atom is -0.507 e. The summed E-state index contributed by atoms with van der Waals surface area (Å²) in [5.74, 6) is -2.93. The molecule has 0 heterocycles. The Morgan fingerprint density at radius 3 is 2.04 bits per heavy atom. The highest BCUT2D eigenvalue weighted by Gasteiger charge is 2.37. The van der Waals surface area contributed by atoms with Crippen LogP contribution in [0.15, 0.2) is 42.5 Å². The number of alkyl halides is 3. The molecule has 0 amide bonds. The van der Waals surface area contributed by atoms with Crippen molar-refractivity contribution in [3.05, 3.63) is 63.1 Å². The second-order valence-electron chi connectivity index (χ2n) is 4.72. The van der Waals surface area contributed by atoms with E-state index in [1.165, 1.54) is 30.3 Å². The third kappa shape index (κ3) is 4.23. The lowest BCUT2D eigenvalue weighted by Crippen LogP contribution is -2.20. The highest BCUT2D eigenvalue weighted by atomic mass is 35.5. The van der Waals surface area contributed by atoms with Gasteiger partial charge in [-0.25, -0.2) is 0 Å². The highest BCUT2D eigenvalue weighted by Crippen LogP contribution is 2.35. The average Bonchev–Trinajstić information content (AvgIpc) is 2.50. The third-order valence-electron chi connectivity index (χ3n) is 3.05. The number of halogens is 6. The molecule has 0 bridgehead atoms. The van der Waals surface area contributed by atoms with E-state index < -0.39 is 17.7 Å². The molecule has 0 unspecified atom stereocenters. The van der Waals surface area contributed by atoms with Crippen LogP contribution in [0.4, 0.5) is 13.2 Å². The van der Waals surface area contributed by atoms with Crippen LogP contribution < -0.4 is 0 Å². The van der Waals surface area contributed by atoms with Crippen LogP contribution in [-0.4, -0.2) is 17.1 Å². The van der Waals surface area contributed by atoms with Gasteiger partial charge in [-0.3, -0.25) is 4.79 Å². The fraction of sp³-hybridized carbons (Fsp3) is 0.0625. The van der Waals surface area contributed by atoms with Gasteiger partial charge in [-0.1, -0.05) is 59.1 Å². The van der Waals surface area contributed by atoms with E-state index in [0.717, 1.165) is 0 Å². The molecule has 0 aromatic heterocycles. The molecule has 0 aliphatic carbocycles. The van der Waals surface area contributed by atoms with Gasteiger partial charge in [-0.05, 0) is 17.7 Å². The molecule has 0 aliphatic rings. The van der Waals surface area contributed by atoms with Gasteiger partial charge in [-0.15, -0.1) is 0 Å². The van der Waals surface area contributed by atoms with Crippen molar-refractivity contribution in [2.45, 2.75) is 6.18 Å². The van der Waals surface area contributed by atoms with Gasteiger partial charge >= 0.3 is 6.18 Å². The van der Waals surface area contributed by atoms with Crippen LogP contribution in [0, 0.1) is 0 Å². The number of hydrogen-bond donors (Lipinski definition) is 1. The minimum atomic E-state index is -5.04. The van der Waals surface area contributed by atoms with Gasteiger partial charge in [-0.2, -0.15) is 13.2 Å². The summed E-state index contributed by atoms with van der Waals surface area (Å²) in [4.78, 5) is 10.8. The van der Waals surface area contributed by atoms with E-state index in [0.29, 0.717) is 21.2 Å². The molecule has 0 aliphatic heterocycles. The molecule has 0 atom stereocenters. The maximum absolute atomic E-state index is 12.2. The van der Waals surface area contributed by atoms with Crippen LogP contribution in [0.2, 0.25) is 15.1 Å². The maximum atomic E-state index is 12.2. The Hall–Kier alpha value is -1.69. The molecule has 0 spiro atoms. The Balaban J connectivity index is 2.33. The summed E-state index contributed by atoms with van der Waals surface area (Å²) >= 11 is 17.9. The van der Waals surface area contributed by atoms with Crippen molar-refractivity contribution >= 4 is 46.3 Å². The molecule has 0 fully saturated rings. The molecule has 2 aromatic carbocycles. The summed E-state index contributed by atoms with van der Waals surface area (Å²) < 4.78 is 36.5. The lowest BCUT2D eigenvalue weighted by atomic mass is 10.0. The maximum Gasteiger partial charge on any atom is 0.454 e. The topological polar surface area (TPSA) is 37.3 Å². The van der Waals surface area contributed by atoms with Crippen molar-refractivity contribution in [3.8, 4) is 11.1 Å². The van der Waals surface area contributed by atoms with Crippen LogP contribution in [0.1, 0.15) is 5.56 Å². The molecule has 24 heavy (non-hydrogen) atoms. The number of aliphatic hydroxyl groups excluding tert-OH is 1. The van der Waals surface area contributed by atoms with Crippen LogP contribution >= 0.6 is 34.8 Å². The molecule has 8 heteroatoms. The monoisotopic (exact) mass is 394 g/mol. The molecular weight excluding hydrogens is 388 g/mol. The van der Waals surface area contributed by atoms with Gasteiger partial charge in [0.05, 0.1) is 10.0 Å². The first kappa shape index (κ1) is 18.6. The second kappa shape index (κ2) is 7.05. The average molecular weight is 396 g/mol. The van der Waals surface area contributed by atoms with Gasteiger partial charge in [0.25, 0.3) is 5.78 Å². The fourth-order valence-corrected chi connectivity index (χ4v) is 2.51. The lowest BCUT2D eigenvalue weighted by molar-refractivity contribution is -0.165. The summed E-state index contributed by atoms with van der Waals surface area (Å²) in [6, 6.07) is 8.75. The number of ketones is 1. The predicted octanol–water partition coefficient (Wildman–Crippen LogP) is 6.34. The van der Waals surface area contributed by atoms with E-state index in [1.54, 1.807) is 6.07 Å². The van der Waals surface area contributed by atoms with Gasteiger partial charge in [0.2, 0.25) is 0 Å². The Morgan fingerprint density at radius 2 is 1.50 bits per heavy atom. The summed E-state index contributed by atoms with van der Waals surface area (Å²) in [5.41, 5.74) is 1.22. The smallest absolute Gasteiger partial charge is 0.454 e. The molecular formula is C16H8Cl3F3O2. The Bertz CT molecular complexity index is 813. The summed E-state index contributed by atoms with van der Waals surface area (Å²) in [5, 5.41) is 10.5. The zero-order valence-electron chi connectivity index (χ0n) is 11.7. The van der Waals surface area contributed by atoms with Crippen LogP contribution in [0.25, 0.3) is 16.9 Å². The van der Waals surface area contributed by atoms with Gasteiger partial charge in [0.15, 0.2) is 0 Å². The Morgan fingerprint density at radius 1 is 0.958 bits per heavy atom. The molecule has 0 saturated carbocycles. The van der Waals surface area contributed by atoms with E-state index in [1.807, 2.05) is 0 Å².